The van der Waals surface area contributed by atoms with Gasteiger partial charge in [-0.15, -0.1) is 0 Å². The van der Waals surface area contributed by atoms with E-state index in [1.54, 1.807) is 4.68 Å². The molecule has 1 unspecified atom stereocenters. The number of amides is 1. The zero-order valence-corrected chi connectivity index (χ0v) is 12.8. The van der Waals surface area contributed by atoms with E-state index in [4.69, 9.17) is 4.74 Å². The molecule has 1 atom stereocenters. The first-order chi connectivity index (χ1) is 10.7. The lowest BCUT2D eigenvalue weighted by atomic mass is 9.97. The lowest BCUT2D eigenvalue weighted by Crippen LogP contribution is -2.41. The molecule has 0 N–H and O–H groups in total. The molecule has 5 nitrogen and oxygen atoms in total. The van der Waals surface area contributed by atoms with E-state index in [-0.39, 0.29) is 18.6 Å². The first-order valence-corrected chi connectivity index (χ1v) is 7.70. The van der Waals surface area contributed by atoms with Crippen LogP contribution in [0.15, 0.2) is 42.7 Å². The summed E-state index contributed by atoms with van der Waals surface area (Å²) in [5.74, 6) is 0.767. The number of aromatic nitrogens is 2. The van der Waals surface area contributed by atoms with Crippen molar-refractivity contribution in [2.75, 3.05) is 13.2 Å². The van der Waals surface area contributed by atoms with Crippen molar-refractivity contribution < 1.29 is 9.53 Å². The van der Waals surface area contributed by atoms with Gasteiger partial charge in [0, 0.05) is 25.4 Å². The van der Waals surface area contributed by atoms with E-state index in [1.165, 1.54) is 0 Å². The van der Waals surface area contributed by atoms with Gasteiger partial charge in [-0.2, -0.15) is 5.10 Å². The normalized spacial score (nSPS) is 18.2. The number of carbonyl (C=O) groups excluding carboxylic acids is 1. The van der Waals surface area contributed by atoms with Crippen LogP contribution in [0.2, 0.25) is 0 Å². The molecule has 1 fully saturated rings. The number of carbonyl (C=O) groups is 1. The highest BCUT2D eigenvalue weighted by Crippen LogP contribution is 2.30. The third-order valence-electron chi connectivity index (χ3n) is 4.04. The van der Waals surface area contributed by atoms with Crippen molar-refractivity contribution in [1.29, 1.82) is 0 Å². The molecule has 0 saturated carbocycles. The Bertz CT molecular complexity index is 624. The van der Waals surface area contributed by atoms with E-state index in [9.17, 15) is 4.79 Å². The highest BCUT2D eigenvalue weighted by Gasteiger charge is 2.28. The summed E-state index contributed by atoms with van der Waals surface area (Å²) in [6, 6.07) is 9.58. The number of benzene rings is 1. The average Bonchev–Trinajstić information content (AvgIpc) is 3.00. The fraction of sp³-hybridized carbons (Fsp3) is 0.412. The Labute approximate surface area is 130 Å². The molecule has 3 rings (SSSR count). The Hall–Kier alpha value is -2.30. The summed E-state index contributed by atoms with van der Waals surface area (Å²) in [6.45, 7) is 0.872. The summed E-state index contributed by atoms with van der Waals surface area (Å²) < 4.78 is 7.38. The maximum atomic E-state index is 12.5. The molecule has 0 spiro atoms. The molecular formula is C17H21N3O2. The summed E-state index contributed by atoms with van der Waals surface area (Å²) in [4.78, 5) is 14.5. The highest BCUT2D eigenvalue weighted by atomic mass is 16.5. The van der Waals surface area contributed by atoms with Gasteiger partial charge in [0.05, 0.1) is 12.2 Å². The van der Waals surface area contributed by atoms with Crippen molar-refractivity contribution >= 4 is 5.91 Å². The van der Waals surface area contributed by atoms with Gasteiger partial charge in [-0.05, 0) is 31.4 Å². The summed E-state index contributed by atoms with van der Waals surface area (Å²) in [7, 11) is 1.90. The summed E-state index contributed by atoms with van der Waals surface area (Å²) in [5, 5.41) is 4.23. The lowest BCUT2D eigenvalue weighted by Gasteiger charge is -2.35. The SMILES string of the molecule is Cn1cc(C2CCCCN2C(=O)COc2ccccc2)cn1. The van der Waals surface area contributed by atoms with Crippen LogP contribution in [0, 0.1) is 0 Å². The Kier molecular flexibility index (Phi) is 4.42. The summed E-state index contributed by atoms with van der Waals surface area (Å²) in [6.07, 6.45) is 7.03. The van der Waals surface area contributed by atoms with Crippen molar-refractivity contribution in [3.63, 3.8) is 0 Å². The van der Waals surface area contributed by atoms with Crippen LogP contribution in [0.3, 0.4) is 0 Å². The van der Waals surface area contributed by atoms with Crippen LogP contribution in [-0.4, -0.2) is 33.7 Å². The van der Waals surface area contributed by atoms with Crippen LogP contribution in [0.25, 0.3) is 0 Å². The number of nitrogens with zero attached hydrogens (tertiary/aromatic N) is 3. The molecule has 116 valence electrons. The first kappa shape index (κ1) is 14.6. The third kappa shape index (κ3) is 3.30. The topological polar surface area (TPSA) is 47.4 Å². The van der Waals surface area contributed by atoms with E-state index in [2.05, 4.69) is 5.10 Å². The van der Waals surface area contributed by atoms with Crippen molar-refractivity contribution in [2.24, 2.45) is 7.05 Å². The molecule has 22 heavy (non-hydrogen) atoms. The average molecular weight is 299 g/mol. The fourth-order valence-corrected chi connectivity index (χ4v) is 2.93. The molecule has 1 aliphatic rings. The van der Waals surface area contributed by atoms with Gasteiger partial charge in [-0.1, -0.05) is 18.2 Å². The first-order valence-electron chi connectivity index (χ1n) is 7.70. The van der Waals surface area contributed by atoms with Crippen molar-refractivity contribution in [2.45, 2.75) is 25.3 Å². The van der Waals surface area contributed by atoms with E-state index >= 15 is 0 Å². The summed E-state index contributed by atoms with van der Waals surface area (Å²) >= 11 is 0. The van der Waals surface area contributed by atoms with Crippen LogP contribution >= 0.6 is 0 Å². The molecule has 1 saturated heterocycles. The van der Waals surface area contributed by atoms with E-state index in [1.807, 2.05) is 54.7 Å². The number of ether oxygens (including phenoxy) is 1. The zero-order chi connectivity index (χ0) is 15.4. The van der Waals surface area contributed by atoms with Crippen LogP contribution < -0.4 is 4.74 Å². The van der Waals surface area contributed by atoms with E-state index in [0.717, 1.165) is 37.1 Å². The van der Waals surface area contributed by atoms with Crippen molar-refractivity contribution in [3.8, 4) is 5.75 Å². The van der Waals surface area contributed by atoms with Crippen LogP contribution in [0.1, 0.15) is 30.9 Å². The number of hydrogen-bond donors (Lipinski definition) is 0. The van der Waals surface area contributed by atoms with Gasteiger partial charge in [-0.3, -0.25) is 9.48 Å². The second-order valence-corrected chi connectivity index (χ2v) is 5.65. The largest absolute Gasteiger partial charge is 0.484 e. The van der Waals surface area contributed by atoms with Gasteiger partial charge in [0.2, 0.25) is 0 Å². The van der Waals surface area contributed by atoms with Gasteiger partial charge >= 0.3 is 0 Å². The minimum Gasteiger partial charge on any atom is -0.484 e. The maximum Gasteiger partial charge on any atom is 0.261 e. The van der Waals surface area contributed by atoms with Gasteiger partial charge in [0.25, 0.3) is 5.91 Å². The minimum absolute atomic E-state index is 0.0393. The molecule has 0 bridgehead atoms. The van der Waals surface area contributed by atoms with Crippen LogP contribution in [-0.2, 0) is 11.8 Å². The monoisotopic (exact) mass is 299 g/mol. The number of aryl methyl sites for hydroxylation is 1. The Morgan fingerprint density at radius 3 is 2.86 bits per heavy atom. The standard InChI is InChI=1S/C17H21N3O2/c1-19-12-14(11-18-19)16-9-5-6-10-20(16)17(21)13-22-15-7-3-2-4-8-15/h2-4,7-8,11-12,16H,5-6,9-10,13H2,1H3. The molecule has 1 aromatic carbocycles. The van der Waals surface area contributed by atoms with Crippen LogP contribution in [0.4, 0.5) is 0 Å². The van der Waals surface area contributed by atoms with E-state index < -0.39 is 0 Å². The molecule has 1 amide bonds. The van der Waals surface area contributed by atoms with E-state index in [0.29, 0.717) is 0 Å². The number of para-hydroxylation sites is 1. The Morgan fingerprint density at radius 1 is 1.32 bits per heavy atom. The number of hydrogen-bond acceptors (Lipinski definition) is 3. The van der Waals surface area contributed by atoms with Gasteiger partial charge < -0.3 is 9.64 Å². The predicted molar refractivity (Wildman–Crippen MR) is 83.5 cm³/mol. The molecule has 1 aromatic heterocycles. The number of rotatable bonds is 4. The molecular weight excluding hydrogens is 278 g/mol. The smallest absolute Gasteiger partial charge is 0.261 e. The second kappa shape index (κ2) is 6.64. The quantitative estimate of drug-likeness (QED) is 0.871. The predicted octanol–water partition coefficient (Wildman–Crippen LogP) is 2.55. The molecule has 1 aliphatic heterocycles. The molecule has 2 aromatic rings. The summed E-state index contributed by atoms with van der Waals surface area (Å²) in [5.41, 5.74) is 1.11. The number of piperidine rings is 1. The maximum absolute atomic E-state index is 12.5. The fourth-order valence-electron chi connectivity index (χ4n) is 2.93. The Morgan fingerprint density at radius 2 is 2.14 bits per heavy atom. The van der Waals surface area contributed by atoms with Gasteiger partial charge in [0.1, 0.15) is 5.75 Å². The highest BCUT2D eigenvalue weighted by molar-refractivity contribution is 5.78. The second-order valence-electron chi connectivity index (χ2n) is 5.65. The lowest BCUT2D eigenvalue weighted by molar-refractivity contribution is -0.137. The van der Waals surface area contributed by atoms with Crippen molar-refractivity contribution in [3.05, 3.63) is 48.3 Å². The van der Waals surface area contributed by atoms with Crippen LogP contribution in [0.5, 0.6) is 5.75 Å². The van der Waals surface area contributed by atoms with Gasteiger partial charge in [-0.25, -0.2) is 0 Å². The zero-order valence-electron chi connectivity index (χ0n) is 12.8. The third-order valence-corrected chi connectivity index (χ3v) is 4.04. The Balaban J connectivity index is 1.66. The molecule has 2 heterocycles. The molecule has 0 aliphatic carbocycles. The molecule has 5 heteroatoms. The molecule has 0 radical (unpaired) electrons. The number of likely N-dealkylation sites (tertiary alicyclic amines) is 1. The van der Waals surface area contributed by atoms with Crippen molar-refractivity contribution in [1.82, 2.24) is 14.7 Å². The minimum atomic E-state index is 0.0393. The van der Waals surface area contributed by atoms with Gasteiger partial charge in [0.15, 0.2) is 6.61 Å².